The number of amides is 1. The lowest BCUT2D eigenvalue weighted by atomic mass is 9.70. The van der Waals surface area contributed by atoms with Gasteiger partial charge in [-0.2, -0.15) is 0 Å². The summed E-state index contributed by atoms with van der Waals surface area (Å²) in [6.45, 7) is 0.933. The van der Waals surface area contributed by atoms with E-state index in [4.69, 9.17) is 9.72 Å². The lowest BCUT2D eigenvalue weighted by molar-refractivity contribution is 0.0673. The maximum absolute atomic E-state index is 14.1. The van der Waals surface area contributed by atoms with Gasteiger partial charge in [-0.3, -0.25) is 4.79 Å². The fourth-order valence-corrected chi connectivity index (χ4v) is 4.44. The SMILES string of the molecule is COc1ccc2nc(C3(c4ccccc4)CCN(C(=O)c4ncccc4F)CC3)cn2n1. The van der Waals surface area contributed by atoms with Crippen molar-refractivity contribution in [2.45, 2.75) is 18.3 Å². The first kappa shape index (κ1) is 20.1. The van der Waals surface area contributed by atoms with E-state index in [-0.39, 0.29) is 17.0 Å². The maximum Gasteiger partial charge on any atom is 0.275 e. The summed E-state index contributed by atoms with van der Waals surface area (Å²) in [5, 5.41) is 4.44. The highest BCUT2D eigenvalue weighted by molar-refractivity contribution is 5.92. The quantitative estimate of drug-likeness (QED) is 0.495. The molecule has 0 atom stereocenters. The molecule has 5 rings (SSSR count). The summed E-state index contributed by atoms with van der Waals surface area (Å²) in [7, 11) is 1.58. The van der Waals surface area contributed by atoms with Gasteiger partial charge in [0.2, 0.25) is 5.88 Å². The van der Waals surface area contributed by atoms with Crippen LogP contribution in [-0.2, 0) is 5.41 Å². The van der Waals surface area contributed by atoms with Crippen LogP contribution in [0.5, 0.6) is 5.88 Å². The highest BCUT2D eigenvalue weighted by Crippen LogP contribution is 2.41. The standard InChI is InChI=1S/C24H22FN5O2/c1-32-21-10-9-20-27-19(16-30(20)28-21)24(17-6-3-2-4-7-17)11-14-29(15-12-24)23(31)22-18(25)8-5-13-26-22/h2-10,13,16H,11-12,14-15H2,1H3. The molecular formula is C24H22FN5O2. The number of carbonyl (C=O) groups excluding carboxylic acids is 1. The summed E-state index contributed by atoms with van der Waals surface area (Å²) in [4.78, 5) is 23.4. The average Bonchev–Trinajstić information content (AvgIpc) is 3.28. The molecule has 0 radical (unpaired) electrons. The number of pyridine rings is 1. The number of fused-ring (bicyclic) bond motifs is 1. The molecule has 1 saturated heterocycles. The predicted octanol–water partition coefficient (Wildman–Crippen LogP) is 3.49. The van der Waals surface area contributed by atoms with E-state index < -0.39 is 5.82 Å². The highest BCUT2D eigenvalue weighted by atomic mass is 19.1. The van der Waals surface area contributed by atoms with Crippen molar-refractivity contribution in [3.8, 4) is 5.88 Å². The Morgan fingerprint density at radius 3 is 2.56 bits per heavy atom. The first-order valence-corrected chi connectivity index (χ1v) is 10.5. The molecule has 0 bridgehead atoms. The van der Waals surface area contributed by atoms with E-state index in [1.54, 1.807) is 22.6 Å². The number of aromatic nitrogens is 4. The molecule has 0 aliphatic carbocycles. The normalized spacial score (nSPS) is 15.6. The summed E-state index contributed by atoms with van der Waals surface area (Å²) in [5.41, 5.74) is 2.22. The van der Waals surface area contributed by atoms with Crippen LogP contribution in [0.3, 0.4) is 0 Å². The summed E-state index contributed by atoms with van der Waals surface area (Å²) in [6.07, 6.45) is 4.67. The molecule has 4 aromatic rings. The van der Waals surface area contributed by atoms with E-state index in [9.17, 15) is 9.18 Å². The second kappa shape index (κ2) is 8.03. The fraction of sp³-hybridized carbons (Fsp3) is 0.250. The van der Waals surface area contributed by atoms with Crippen LogP contribution in [0.4, 0.5) is 4.39 Å². The van der Waals surface area contributed by atoms with Gasteiger partial charge in [-0.1, -0.05) is 30.3 Å². The highest BCUT2D eigenvalue weighted by Gasteiger charge is 2.41. The lowest BCUT2D eigenvalue weighted by Crippen LogP contribution is -2.46. The van der Waals surface area contributed by atoms with Crippen molar-refractivity contribution in [2.75, 3.05) is 20.2 Å². The molecule has 0 N–H and O–H groups in total. The van der Waals surface area contributed by atoms with Crippen LogP contribution < -0.4 is 4.74 Å². The Kier molecular flexibility index (Phi) is 5.05. The number of rotatable bonds is 4. The molecular weight excluding hydrogens is 409 g/mol. The first-order valence-electron chi connectivity index (χ1n) is 10.5. The number of benzene rings is 1. The molecule has 0 unspecified atom stereocenters. The van der Waals surface area contributed by atoms with Gasteiger partial charge >= 0.3 is 0 Å². The molecule has 1 fully saturated rings. The molecule has 1 aliphatic heterocycles. The van der Waals surface area contributed by atoms with E-state index in [0.717, 1.165) is 16.9 Å². The van der Waals surface area contributed by atoms with Crippen molar-refractivity contribution in [1.82, 2.24) is 24.5 Å². The number of imidazole rings is 1. The molecule has 1 aromatic carbocycles. The molecule has 4 heterocycles. The number of methoxy groups -OCH3 is 1. The van der Waals surface area contributed by atoms with Gasteiger partial charge in [-0.15, -0.1) is 5.10 Å². The van der Waals surface area contributed by atoms with Crippen molar-refractivity contribution in [2.24, 2.45) is 0 Å². The van der Waals surface area contributed by atoms with Crippen LogP contribution >= 0.6 is 0 Å². The van der Waals surface area contributed by atoms with Crippen molar-refractivity contribution in [1.29, 1.82) is 0 Å². The zero-order valence-corrected chi connectivity index (χ0v) is 17.6. The predicted molar refractivity (Wildman–Crippen MR) is 116 cm³/mol. The number of nitrogens with zero attached hydrogens (tertiary/aromatic N) is 5. The summed E-state index contributed by atoms with van der Waals surface area (Å²) < 4.78 is 21.1. The minimum Gasteiger partial charge on any atom is -0.480 e. The van der Waals surface area contributed by atoms with Crippen LogP contribution in [0.2, 0.25) is 0 Å². The van der Waals surface area contributed by atoms with Crippen molar-refractivity contribution >= 4 is 11.6 Å². The summed E-state index contributed by atoms with van der Waals surface area (Å²) in [5.74, 6) is -0.475. The number of piperidine rings is 1. The Bertz CT molecular complexity index is 1270. The zero-order valence-electron chi connectivity index (χ0n) is 17.6. The van der Waals surface area contributed by atoms with Crippen LogP contribution in [0.1, 0.15) is 34.6 Å². The van der Waals surface area contributed by atoms with Crippen LogP contribution in [0, 0.1) is 5.82 Å². The molecule has 7 nitrogen and oxygen atoms in total. The molecule has 32 heavy (non-hydrogen) atoms. The molecule has 1 amide bonds. The lowest BCUT2D eigenvalue weighted by Gasteiger charge is -2.41. The molecule has 8 heteroatoms. The monoisotopic (exact) mass is 431 g/mol. The van der Waals surface area contributed by atoms with Gasteiger partial charge in [0.25, 0.3) is 5.91 Å². The Hall–Kier alpha value is -3.81. The number of likely N-dealkylation sites (tertiary alicyclic amines) is 1. The number of carbonyl (C=O) groups is 1. The van der Waals surface area contributed by atoms with E-state index in [1.165, 1.54) is 18.3 Å². The number of ether oxygens (including phenoxy) is 1. The third kappa shape index (κ3) is 3.37. The van der Waals surface area contributed by atoms with Gasteiger partial charge in [0.15, 0.2) is 17.2 Å². The summed E-state index contributed by atoms with van der Waals surface area (Å²) in [6, 6.07) is 16.6. The van der Waals surface area contributed by atoms with Gasteiger partial charge < -0.3 is 9.64 Å². The smallest absolute Gasteiger partial charge is 0.275 e. The number of halogens is 1. The fourth-order valence-electron chi connectivity index (χ4n) is 4.44. The van der Waals surface area contributed by atoms with Crippen LogP contribution in [0.15, 0.2) is 67.0 Å². The van der Waals surface area contributed by atoms with Crippen LogP contribution in [0.25, 0.3) is 5.65 Å². The Morgan fingerprint density at radius 1 is 1.06 bits per heavy atom. The number of hydrogen-bond donors (Lipinski definition) is 0. The second-order valence-electron chi connectivity index (χ2n) is 7.88. The van der Waals surface area contributed by atoms with Crippen LogP contribution in [-0.4, -0.2) is 50.6 Å². The van der Waals surface area contributed by atoms with Crippen molar-refractivity contribution < 1.29 is 13.9 Å². The first-order chi connectivity index (χ1) is 15.6. The third-order valence-electron chi connectivity index (χ3n) is 6.19. The van der Waals surface area contributed by atoms with Gasteiger partial charge in [0.05, 0.1) is 19.0 Å². The summed E-state index contributed by atoms with van der Waals surface area (Å²) >= 11 is 0. The van der Waals surface area contributed by atoms with E-state index in [1.807, 2.05) is 30.5 Å². The van der Waals surface area contributed by atoms with Gasteiger partial charge in [-0.05, 0) is 36.6 Å². The van der Waals surface area contributed by atoms with Crippen molar-refractivity contribution in [3.05, 3.63) is 89.8 Å². The largest absolute Gasteiger partial charge is 0.480 e. The Labute approximate surface area is 184 Å². The second-order valence-corrected chi connectivity index (χ2v) is 7.88. The third-order valence-corrected chi connectivity index (χ3v) is 6.19. The van der Waals surface area contributed by atoms with E-state index in [0.29, 0.717) is 31.8 Å². The zero-order chi connectivity index (χ0) is 22.1. The van der Waals surface area contributed by atoms with Gasteiger partial charge in [0, 0.05) is 30.8 Å². The van der Waals surface area contributed by atoms with Gasteiger partial charge in [-0.25, -0.2) is 18.9 Å². The average molecular weight is 431 g/mol. The minimum absolute atomic E-state index is 0.135. The van der Waals surface area contributed by atoms with E-state index in [2.05, 4.69) is 22.2 Å². The molecule has 1 aliphatic rings. The van der Waals surface area contributed by atoms with Crippen molar-refractivity contribution in [3.63, 3.8) is 0 Å². The van der Waals surface area contributed by atoms with Gasteiger partial charge in [0.1, 0.15) is 0 Å². The molecule has 0 spiro atoms. The Balaban J connectivity index is 1.50. The minimum atomic E-state index is -0.599. The Morgan fingerprint density at radius 2 is 1.84 bits per heavy atom. The maximum atomic E-state index is 14.1. The topological polar surface area (TPSA) is 72.6 Å². The molecule has 3 aromatic heterocycles. The molecule has 0 saturated carbocycles. The van der Waals surface area contributed by atoms with E-state index >= 15 is 0 Å². The molecule has 162 valence electrons. The number of hydrogen-bond acceptors (Lipinski definition) is 5.